The number of carbonyl (C=O) groups excluding carboxylic acids is 1. The molecule has 2 aromatic carbocycles. The zero-order chi connectivity index (χ0) is 16.8. The van der Waals surface area contributed by atoms with Gasteiger partial charge in [0.2, 0.25) is 0 Å². The quantitative estimate of drug-likeness (QED) is 0.644. The molecular weight excluding hydrogens is 316 g/mol. The molecule has 122 valence electrons. The van der Waals surface area contributed by atoms with Crippen LogP contribution in [-0.4, -0.2) is 23.2 Å². The average molecular weight is 336 g/mol. The Morgan fingerprint density at radius 2 is 2.04 bits per heavy atom. The molecule has 1 heterocycles. The maximum Gasteiger partial charge on any atom is 0.185 e. The molecular formula is C20H20N2OS. The molecule has 3 nitrogen and oxygen atoms in total. The first-order chi connectivity index (χ1) is 11.7. The topological polar surface area (TPSA) is 41.5 Å². The van der Waals surface area contributed by atoms with Crippen LogP contribution in [0.1, 0.15) is 27.9 Å². The Balaban J connectivity index is 1.64. The lowest BCUT2D eigenvalue weighted by Crippen LogP contribution is -2.13. The van der Waals surface area contributed by atoms with E-state index in [4.69, 9.17) is 0 Å². The smallest absolute Gasteiger partial charge is 0.185 e. The number of rotatable bonds is 4. The number of hydrogen-bond acceptors (Lipinski definition) is 4. The molecule has 0 radical (unpaired) electrons. The Morgan fingerprint density at radius 3 is 2.75 bits per heavy atom. The third kappa shape index (κ3) is 4.59. The standard InChI is InChI=1S/C20H20N2OS/c1-15-4-2-5-16(14-15)6-11-19(23)17-7-9-18(10-8-17)22-20-21-12-3-13-24-20/h2,4-11,14H,3,12-13H2,1H3,(H,21,22)/b11-6+. The van der Waals surface area contributed by atoms with E-state index in [-0.39, 0.29) is 5.78 Å². The number of allylic oxidation sites excluding steroid dienone is 1. The first-order valence-corrected chi connectivity index (χ1v) is 9.03. The summed E-state index contributed by atoms with van der Waals surface area (Å²) < 4.78 is 0. The van der Waals surface area contributed by atoms with Crippen LogP contribution in [0.3, 0.4) is 0 Å². The average Bonchev–Trinajstić information content (AvgIpc) is 2.61. The molecule has 0 saturated heterocycles. The fraction of sp³-hybridized carbons (Fsp3) is 0.200. The fourth-order valence-corrected chi connectivity index (χ4v) is 3.26. The number of thioether (sulfide) groups is 1. The van der Waals surface area contributed by atoms with Gasteiger partial charge in [-0.3, -0.25) is 9.79 Å². The van der Waals surface area contributed by atoms with Gasteiger partial charge in [-0.15, -0.1) is 0 Å². The molecule has 1 aliphatic heterocycles. The van der Waals surface area contributed by atoms with Gasteiger partial charge in [0.05, 0.1) is 0 Å². The summed E-state index contributed by atoms with van der Waals surface area (Å²) in [5.74, 6) is 1.11. The number of amidine groups is 1. The Bertz CT molecular complexity index is 778. The van der Waals surface area contributed by atoms with Crippen LogP contribution in [0.4, 0.5) is 5.69 Å². The Labute approximate surface area is 146 Å². The van der Waals surface area contributed by atoms with E-state index in [2.05, 4.69) is 16.4 Å². The molecule has 0 aliphatic carbocycles. The van der Waals surface area contributed by atoms with Gasteiger partial charge in [-0.05, 0) is 49.2 Å². The van der Waals surface area contributed by atoms with Crippen molar-refractivity contribution >= 4 is 34.5 Å². The summed E-state index contributed by atoms with van der Waals surface area (Å²) in [5, 5.41) is 4.25. The lowest BCUT2D eigenvalue weighted by Gasteiger charge is -2.13. The summed E-state index contributed by atoms with van der Waals surface area (Å²) in [4.78, 5) is 16.7. The van der Waals surface area contributed by atoms with Crippen LogP contribution in [0.5, 0.6) is 0 Å². The lowest BCUT2D eigenvalue weighted by molar-refractivity contribution is 0.104. The fourth-order valence-electron chi connectivity index (χ4n) is 2.42. The lowest BCUT2D eigenvalue weighted by atomic mass is 10.1. The number of aryl methyl sites for hydroxylation is 1. The van der Waals surface area contributed by atoms with Crippen LogP contribution in [0.15, 0.2) is 59.6 Å². The van der Waals surface area contributed by atoms with Gasteiger partial charge >= 0.3 is 0 Å². The normalized spacial score (nSPS) is 14.5. The minimum atomic E-state index is 0.00689. The Kier molecular flexibility index (Phi) is 5.49. The van der Waals surface area contributed by atoms with Gasteiger partial charge in [0.25, 0.3) is 0 Å². The molecule has 0 fully saturated rings. The van der Waals surface area contributed by atoms with E-state index in [0.29, 0.717) is 5.56 Å². The molecule has 0 aromatic heterocycles. The largest absolute Gasteiger partial charge is 0.335 e. The van der Waals surface area contributed by atoms with Gasteiger partial charge in [0.1, 0.15) is 0 Å². The summed E-state index contributed by atoms with van der Waals surface area (Å²) in [6.45, 7) is 2.93. The van der Waals surface area contributed by atoms with Crippen LogP contribution in [0, 0.1) is 6.92 Å². The molecule has 1 N–H and O–H groups in total. The number of nitrogens with one attached hydrogen (secondary N) is 1. The number of nitrogens with zero attached hydrogens (tertiary/aromatic N) is 1. The van der Waals surface area contributed by atoms with Crippen LogP contribution in [-0.2, 0) is 0 Å². The van der Waals surface area contributed by atoms with Gasteiger partial charge in [0.15, 0.2) is 11.0 Å². The summed E-state index contributed by atoms with van der Waals surface area (Å²) in [6, 6.07) is 15.6. The van der Waals surface area contributed by atoms with Crippen molar-refractivity contribution in [2.24, 2.45) is 4.99 Å². The van der Waals surface area contributed by atoms with E-state index < -0.39 is 0 Å². The van der Waals surface area contributed by atoms with Crippen LogP contribution in [0.25, 0.3) is 6.08 Å². The zero-order valence-corrected chi connectivity index (χ0v) is 14.5. The first kappa shape index (κ1) is 16.5. The van der Waals surface area contributed by atoms with Gasteiger partial charge in [-0.1, -0.05) is 47.7 Å². The van der Waals surface area contributed by atoms with Crippen molar-refractivity contribution in [1.82, 2.24) is 0 Å². The third-order valence-corrected chi connectivity index (χ3v) is 4.68. The second-order valence-corrected chi connectivity index (χ2v) is 6.79. The minimum absolute atomic E-state index is 0.00689. The molecule has 0 amide bonds. The second kappa shape index (κ2) is 7.97. The van der Waals surface area contributed by atoms with Crippen molar-refractivity contribution in [3.05, 3.63) is 71.3 Å². The monoisotopic (exact) mass is 336 g/mol. The second-order valence-electron chi connectivity index (χ2n) is 5.70. The first-order valence-electron chi connectivity index (χ1n) is 8.04. The minimum Gasteiger partial charge on any atom is -0.335 e. The Morgan fingerprint density at radius 1 is 1.21 bits per heavy atom. The van der Waals surface area contributed by atoms with Crippen LogP contribution < -0.4 is 5.32 Å². The SMILES string of the molecule is Cc1cccc(/C=C/C(=O)c2ccc(NC3=NCCCS3)cc2)c1. The predicted molar refractivity (Wildman–Crippen MR) is 104 cm³/mol. The highest BCUT2D eigenvalue weighted by atomic mass is 32.2. The van der Waals surface area contributed by atoms with Crippen LogP contribution >= 0.6 is 11.8 Å². The van der Waals surface area contributed by atoms with E-state index in [1.165, 1.54) is 5.56 Å². The van der Waals surface area contributed by atoms with Crippen molar-refractivity contribution in [1.29, 1.82) is 0 Å². The van der Waals surface area contributed by atoms with E-state index in [1.54, 1.807) is 17.8 Å². The number of ketones is 1. The van der Waals surface area contributed by atoms with Crippen molar-refractivity contribution < 1.29 is 4.79 Å². The molecule has 0 saturated carbocycles. The molecule has 0 unspecified atom stereocenters. The van der Waals surface area contributed by atoms with Crippen molar-refractivity contribution in [2.75, 3.05) is 17.6 Å². The number of benzene rings is 2. The molecule has 0 bridgehead atoms. The molecule has 1 aliphatic rings. The third-order valence-electron chi connectivity index (χ3n) is 3.69. The Hall–Kier alpha value is -2.33. The highest BCUT2D eigenvalue weighted by molar-refractivity contribution is 8.14. The van der Waals surface area contributed by atoms with Gasteiger partial charge < -0.3 is 5.32 Å². The summed E-state index contributed by atoms with van der Waals surface area (Å²) in [5.41, 5.74) is 3.86. The van der Waals surface area contributed by atoms with E-state index in [1.807, 2.05) is 55.5 Å². The van der Waals surface area contributed by atoms with Gasteiger partial charge in [-0.2, -0.15) is 0 Å². The van der Waals surface area contributed by atoms with Gasteiger partial charge in [0, 0.05) is 23.5 Å². The highest BCUT2D eigenvalue weighted by Crippen LogP contribution is 2.17. The molecule has 0 spiro atoms. The van der Waals surface area contributed by atoms with Crippen LogP contribution in [0.2, 0.25) is 0 Å². The maximum absolute atomic E-state index is 12.3. The number of carbonyl (C=O) groups is 1. The molecule has 3 rings (SSSR count). The zero-order valence-electron chi connectivity index (χ0n) is 13.7. The van der Waals surface area contributed by atoms with E-state index in [0.717, 1.165) is 35.1 Å². The summed E-state index contributed by atoms with van der Waals surface area (Å²) >= 11 is 1.74. The van der Waals surface area contributed by atoms with Gasteiger partial charge in [-0.25, -0.2) is 0 Å². The maximum atomic E-state index is 12.3. The van der Waals surface area contributed by atoms with Crippen molar-refractivity contribution in [2.45, 2.75) is 13.3 Å². The van der Waals surface area contributed by atoms with E-state index in [9.17, 15) is 4.79 Å². The predicted octanol–water partition coefficient (Wildman–Crippen LogP) is 4.80. The highest BCUT2D eigenvalue weighted by Gasteiger charge is 2.07. The summed E-state index contributed by atoms with van der Waals surface area (Å²) in [6.07, 6.45) is 4.61. The molecule has 0 atom stereocenters. The van der Waals surface area contributed by atoms with E-state index >= 15 is 0 Å². The summed E-state index contributed by atoms with van der Waals surface area (Å²) in [7, 11) is 0. The number of hydrogen-bond donors (Lipinski definition) is 1. The molecule has 2 aromatic rings. The van der Waals surface area contributed by atoms with Crippen molar-refractivity contribution in [3.8, 4) is 0 Å². The number of anilines is 1. The number of aliphatic imine (C=N–C) groups is 1. The molecule has 24 heavy (non-hydrogen) atoms. The van der Waals surface area contributed by atoms with Crippen molar-refractivity contribution in [3.63, 3.8) is 0 Å². The molecule has 4 heteroatoms.